The third kappa shape index (κ3) is 5.35. The van der Waals surface area contributed by atoms with Crippen LogP contribution in [0.25, 0.3) is 21.7 Å². The molecule has 0 aliphatic carbocycles. The zero-order chi connectivity index (χ0) is 26.1. The molecule has 5 nitrogen and oxygen atoms in total. The Hall–Kier alpha value is -3.00. The number of ether oxygens (including phenoxy) is 1. The number of hydrogen-bond acceptors (Lipinski definition) is 4. The number of nitrogens with zero attached hydrogens (tertiary/aromatic N) is 3. The summed E-state index contributed by atoms with van der Waals surface area (Å²) in [7, 11) is 0. The van der Waals surface area contributed by atoms with Crippen LogP contribution in [0.5, 0.6) is 5.75 Å². The van der Waals surface area contributed by atoms with Crippen LogP contribution in [0.1, 0.15) is 36.7 Å². The largest absolute Gasteiger partial charge is 0.486 e. The smallest absolute Gasteiger partial charge is 0.282 e. The van der Waals surface area contributed by atoms with Gasteiger partial charge in [0.2, 0.25) is 0 Å². The standard InChI is InChI=1S/C29H22Br2ClN3O2/c1-17(2)28-34-26-11-10-21(30)14-23(26)29(36)35(28)33-15-18-12-24(31)27(25(32)13-18)37-16-20-8-5-7-19-6-3-4-9-22(19)20/h3-15,17H,16H2,1-2H3. The van der Waals surface area contributed by atoms with Crippen LogP contribution in [0.4, 0.5) is 0 Å². The molecule has 0 saturated carbocycles. The lowest BCUT2D eigenvalue weighted by molar-refractivity contribution is 0.306. The first kappa shape index (κ1) is 25.6. The Balaban J connectivity index is 1.45. The first-order valence-electron chi connectivity index (χ1n) is 11.7. The van der Waals surface area contributed by atoms with Gasteiger partial charge in [-0.15, -0.1) is 0 Å². The van der Waals surface area contributed by atoms with E-state index < -0.39 is 0 Å². The summed E-state index contributed by atoms with van der Waals surface area (Å²) < 4.78 is 8.97. The van der Waals surface area contributed by atoms with Crippen molar-refractivity contribution in [1.82, 2.24) is 9.66 Å². The molecule has 0 amide bonds. The van der Waals surface area contributed by atoms with Gasteiger partial charge in [-0.3, -0.25) is 4.79 Å². The minimum Gasteiger partial charge on any atom is -0.486 e. The van der Waals surface area contributed by atoms with Crippen molar-refractivity contribution in [2.75, 3.05) is 0 Å². The maximum Gasteiger partial charge on any atom is 0.282 e. The molecule has 0 N–H and O–H groups in total. The van der Waals surface area contributed by atoms with Gasteiger partial charge in [0.1, 0.15) is 12.4 Å². The Morgan fingerprint density at radius 1 is 1.03 bits per heavy atom. The summed E-state index contributed by atoms with van der Waals surface area (Å²) in [6.45, 7) is 4.33. The summed E-state index contributed by atoms with van der Waals surface area (Å²) in [5, 5.41) is 7.73. The lowest BCUT2D eigenvalue weighted by Crippen LogP contribution is -2.23. The fourth-order valence-corrected chi connectivity index (χ4v) is 5.49. The fourth-order valence-electron chi connectivity index (χ4n) is 4.14. The van der Waals surface area contributed by atoms with Crippen molar-refractivity contribution in [2.24, 2.45) is 5.10 Å². The summed E-state index contributed by atoms with van der Waals surface area (Å²) >= 11 is 13.6. The highest BCUT2D eigenvalue weighted by molar-refractivity contribution is 9.10. The Kier molecular flexibility index (Phi) is 7.47. The molecule has 0 unspecified atom stereocenters. The maximum absolute atomic E-state index is 13.3. The first-order chi connectivity index (χ1) is 17.8. The van der Waals surface area contributed by atoms with Crippen LogP contribution in [0, 0.1) is 0 Å². The molecule has 37 heavy (non-hydrogen) atoms. The molecule has 0 spiro atoms. The fraction of sp³-hybridized carbons (Fsp3) is 0.138. The van der Waals surface area contributed by atoms with Crippen molar-refractivity contribution in [3.63, 3.8) is 0 Å². The lowest BCUT2D eigenvalue weighted by Gasteiger charge is -2.13. The van der Waals surface area contributed by atoms with Crippen LogP contribution in [0.3, 0.4) is 0 Å². The molecule has 1 aromatic heterocycles. The van der Waals surface area contributed by atoms with E-state index in [4.69, 9.17) is 16.3 Å². The molecule has 0 saturated heterocycles. The summed E-state index contributed by atoms with van der Waals surface area (Å²) in [6.07, 6.45) is 1.60. The zero-order valence-corrected chi connectivity index (χ0v) is 24.0. The van der Waals surface area contributed by atoms with Gasteiger partial charge in [0.25, 0.3) is 5.56 Å². The summed E-state index contributed by atoms with van der Waals surface area (Å²) in [4.78, 5) is 17.9. The van der Waals surface area contributed by atoms with Gasteiger partial charge >= 0.3 is 0 Å². The molecule has 0 radical (unpaired) electrons. The quantitative estimate of drug-likeness (QED) is 0.176. The van der Waals surface area contributed by atoms with Gasteiger partial charge in [0, 0.05) is 10.4 Å². The third-order valence-electron chi connectivity index (χ3n) is 5.94. The third-order valence-corrected chi connectivity index (χ3v) is 7.31. The first-order valence-corrected chi connectivity index (χ1v) is 13.6. The highest BCUT2D eigenvalue weighted by atomic mass is 79.9. The summed E-state index contributed by atoms with van der Waals surface area (Å²) in [5.41, 5.74) is 2.20. The monoisotopic (exact) mass is 637 g/mol. The van der Waals surface area contributed by atoms with E-state index in [1.165, 1.54) is 4.68 Å². The van der Waals surface area contributed by atoms with Crippen LogP contribution in [0.2, 0.25) is 5.02 Å². The van der Waals surface area contributed by atoms with Crippen molar-refractivity contribution in [1.29, 1.82) is 0 Å². The van der Waals surface area contributed by atoms with Crippen molar-refractivity contribution in [3.05, 3.63) is 114 Å². The number of aromatic nitrogens is 2. The molecule has 4 aromatic carbocycles. The second-order valence-corrected chi connectivity index (χ2v) is 11.1. The molecule has 8 heteroatoms. The predicted octanol–water partition coefficient (Wildman–Crippen LogP) is 8.31. The normalized spacial score (nSPS) is 11.7. The van der Waals surface area contributed by atoms with Gasteiger partial charge in [-0.1, -0.05) is 83.8 Å². The zero-order valence-electron chi connectivity index (χ0n) is 20.1. The van der Waals surface area contributed by atoms with E-state index in [2.05, 4.69) is 60.1 Å². The minimum absolute atomic E-state index is 0.00179. The molecule has 186 valence electrons. The number of fused-ring (bicyclic) bond motifs is 2. The molecular formula is C29H22Br2ClN3O2. The predicted molar refractivity (Wildman–Crippen MR) is 158 cm³/mol. The number of benzene rings is 4. The molecule has 1 heterocycles. The van der Waals surface area contributed by atoms with Crippen LogP contribution in [-0.4, -0.2) is 15.9 Å². The SMILES string of the molecule is CC(C)c1nc2ccc(Br)cc2c(=O)n1N=Cc1cc(Cl)c(OCc2cccc3ccccc23)c(Br)c1. The second kappa shape index (κ2) is 10.8. The Morgan fingerprint density at radius 2 is 1.81 bits per heavy atom. The number of halogens is 3. The molecular weight excluding hydrogens is 618 g/mol. The lowest BCUT2D eigenvalue weighted by atomic mass is 10.1. The molecule has 0 aliphatic heterocycles. The van der Waals surface area contributed by atoms with Crippen molar-refractivity contribution >= 4 is 71.4 Å². The highest BCUT2D eigenvalue weighted by Crippen LogP contribution is 2.35. The molecule has 5 rings (SSSR count). The van der Waals surface area contributed by atoms with E-state index in [1.54, 1.807) is 18.3 Å². The van der Waals surface area contributed by atoms with E-state index in [9.17, 15) is 4.79 Å². The van der Waals surface area contributed by atoms with E-state index >= 15 is 0 Å². The maximum atomic E-state index is 13.3. The summed E-state index contributed by atoms with van der Waals surface area (Å²) in [5.74, 6) is 1.12. The van der Waals surface area contributed by atoms with Crippen molar-refractivity contribution in [3.8, 4) is 5.75 Å². The number of hydrogen-bond donors (Lipinski definition) is 0. The second-order valence-electron chi connectivity index (χ2n) is 8.89. The van der Waals surface area contributed by atoms with Gasteiger partial charge in [-0.2, -0.15) is 9.78 Å². The van der Waals surface area contributed by atoms with E-state index in [1.807, 2.05) is 56.3 Å². The van der Waals surface area contributed by atoms with E-state index in [0.29, 0.717) is 44.1 Å². The van der Waals surface area contributed by atoms with Gasteiger partial charge in [0.15, 0.2) is 5.75 Å². The Bertz CT molecular complexity index is 1700. The van der Waals surface area contributed by atoms with E-state index in [-0.39, 0.29) is 11.5 Å². The molecule has 5 aromatic rings. The van der Waals surface area contributed by atoms with Crippen molar-refractivity contribution in [2.45, 2.75) is 26.4 Å². The Morgan fingerprint density at radius 3 is 2.59 bits per heavy atom. The molecule has 0 aliphatic rings. The minimum atomic E-state index is -0.230. The average molecular weight is 640 g/mol. The molecule has 0 atom stereocenters. The van der Waals surface area contributed by atoms with Crippen LogP contribution in [0.15, 0.2) is 91.6 Å². The van der Waals surface area contributed by atoms with Gasteiger partial charge in [-0.25, -0.2) is 4.98 Å². The topological polar surface area (TPSA) is 56.5 Å². The van der Waals surface area contributed by atoms with Crippen LogP contribution >= 0.6 is 43.5 Å². The van der Waals surface area contributed by atoms with Crippen molar-refractivity contribution < 1.29 is 4.74 Å². The van der Waals surface area contributed by atoms with Gasteiger partial charge in [0.05, 0.1) is 26.6 Å². The molecule has 0 bridgehead atoms. The Labute approximate surface area is 236 Å². The van der Waals surface area contributed by atoms with E-state index in [0.717, 1.165) is 20.8 Å². The summed E-state index contributed by atoms with van der Waals surface area (Å²) in [6, 6.07) is 23.4. The number of rotatable bonds is 6. The highest BCUT2D eigenvalue weighted by Gasteiger charge is 2.15. The van der Waals surface area contributed by atoms with Crippen LogP contribution in [-0.2, 0) is 6.61 Å². The van der Waals surface area contributed by atoms with Gasteiger partial charge < -0.3 is 4.74 Å². The van der Waals surface area contributed by atoms with Crippen LogP contribution < -0.4 is 10.3 Å². The average Bonchev–Trinajstić information content (AvgIpc) is 2.88. The van der Waals surface area contributed by atoms with Gasteiger partial charge in [-0.05, 0) is 68.2 Å². The molecule has 0 fully saturated rings.